The van der Waals surface area contributed by atoms with Gasteiger partial charge in [-0.25, -0.2) is 0 Å². The number of thioether (sulfide) groups is 1. The smallest absolute Gasteiger partial charge is 0.115 e. The fourth-order valence-electron chi connectivity index (χ4n) is 1.09. The molecule has 1 heterocycles. The summed E-state index contributed by atoms with van der Waals surface area (Å²) in [7, 11) is 0. The van der Waals surface area contributed by atoms with Crippen molar-refractivity contribution in [3.63, 3.8) is 0 Å². The first-order chi connectivity index (χ1) is 5.72. The zero-order chi connectivity index (χ0) is 8.97. The second-order valence-electron chi connectivity index (χ2n) is 2.75. The zero-order valence-corrected chi connectivity index (χ0v) is 8.36. The molecule has 1 unspecified atom stereocenters. The summed E-state index contributed by atoms with van der Waals surface area (Å²) in [6, 6.07) is 0. The van der Waals surface area contributed by atoms with Crippen LogP contribution < -0.4 is 0 Å². The number of hydrogen-bond acceptors (Lipinski definition) is 2. The van der Waals surface area contributed by atoms with Crippen molar-refractivity contribution in [2.75, 3.05) is 5.75 Å². The lowest BCUT2D eigenvalue weighted by Crippen LogP contribution is -2.07. The van der Waals surface area contributed by atoms with Crippen molar-refractivity contribution >= 4 is 11.8 Å². The van der Waals surface area contributed by atoms with Gasteiger partial charge in [-0.1, -0.05) is 6.08 Å². The molecule has 2 heteroatoms. The van der Waals surface area contributed by atoms with E-state index in [0.29, 0.717) is 0 Å². The Kier molecular flexibility index (Phi) is 3.48. The molecule has 0 bridgehead atoms. The summed E-state index contributed by atoms with van der Waals surface area (Å²) in [6.07, 6.45) is 6.31. The molecule has 1 atom stereocenters. The number of allylic oxidation sites excluding steroid dienone is 2. The van der Waals surface area contributed by atoms with Gasteiger partial charge in [-0.3, -0.25) is 0 Å². The van der Waals surface area contributed by atoms with Gasteiger partial charge in [-0.05, 0) is 26.0 Å². The van der Waals surface area contributed by atoms with Gasteiger partial charge >= 0.3 is 0 Å². The van der Waals surface area contributed by atoms with Crippen molar-refractivity contribution in [1.82, 2.24) is 0 Å². The van der Waals surface area contributed by atoms with Crippen LogP contribution in [0.5, 0.6) is 0 Å². The molecule has 0 N–H and O–H groups in total. The maximum absolute atomic E-state index is 5.44. The highest BCUT2D eigenvalue weighted by Gasteiger charge is 2.08. The average Bonchev–Trinajstić information content (AvgIpc) is 1.99. The quantitative estimate of drug-likeness (QED) is 0.620. The molecule has 1 rings (SSSR count). The van der Waals surface area contributed by atoms with E-state index >= 15 is 0 Å². The van der Waals surface area contributed by atoms with Gasteiger partial charge in [-0.2, -0.15) is 0 Å². The van der Waals surface area contributed by atoms with E-state index in [1.165, 1.54) is 4.91 Å². The molecule has 0 radical (unpaired) electrons. The highest BCUT2D eigenvalue weighted by atomic mass is 32.2. The Hall–Kier alpha value is -0.630. The van der Waals surface area contributed by atoms with Gasteiger partial charge in [-0.15, -0.1) is 18.3 Å². The third-order valence-electron chi connectivity index (χ3n) is 1.48. The Bertz CT molecular complexity index is 228. The van der Waals surface area contributed by atoms with Crippen LogP contribution in [0.4, 0.5) is 0 Å². The minimum Gasteiger partial charge on any atom is -0.491 e. The molecular formula is C10H14OS. The summed E-state index contributed by atoms with van der Waals surface area (Å²) in [5.74, 6) is 1.96. The van der Waals surface area contributed by atoms with E-state index in [0.717, 1.165) is 11.5 Å². The monoisotopic (exact) mass is 182 g/mol. The molecule has 12 heavy (non-hydrogen) atoms. The Morgan fingerprint density at radius 2 is 2.50 bits per heavy atom. The lowest BCUT2D eigenvalue weighted by atomic mass is 10.3. The fourth-order valence-corrected chi connectivity index (χ4v) is 1.93. The van der Waals surface area contributed by atoms with Crippen LogP contribution in [0.25, 0.3) is 0 Å². The van der Waals surface area contributed by atoms with Crippen molar-refractivity contribution in [3.05, 3.63) is 35.5 Å². The highest BCUT2D eigenvalue weighted by Crippen LogP contribution is 2.24. The van der Waals surface area contributed by atoms with Crippen LogP contribution in [-0.2, 0) is 4.74 Å². The summed E-state index contributed by atoms with van der Waals surface area (Å²) in [5, 5.41) is 0. The van der Waals surface area contributed by atoms with E-state index in [1.807, 2.05) is 19.9 Å². The predicted molar refractivity (Wildman–Crippen MR) is 55.0 cm³/mol. The lowest BCUT2D eigenvalue weighted by Gasteiger charge is -2.17. The summed E-state index contributed by atoms with van der Waals surface area (Å²) in [4.78, 5) is 1.28. The van der Waals surface area contributed by atoms with E-state index in [-0.39, 0.29) is 6.10 Å². The standard InChI is InChI=1S/C10H14OS/c1-4-5-12-10-6-8(2)11-9(3)7-10/h4,6-8H,1,5H2,2-3H3. The molecular weight excluding hydrogens is 168 g/mol. The fraction of sp³-hybridized carbons (Fsp3) is 0.400. The van der Waals surface area contributed by atoms with E-state index in [2.05, 4.69) is 18.7 Å². The maximum atomic E-state index is 5.44. The van der Waals surface area contributed by atoms with Gasteiger partial charge in [0, 0.05) is 10.7 Å². The van der Waals surface area contributed by atoms with Crippen LogP contribution in [-0.4, -0.2) is 11.9 Å². The SMILES string of the molecule is C=CCSC1=CC(C)OC(C)=C1. The molecule has 0 aliphatic carbocycles. The Morgan fingerprint density at radius 1 is 1.75 bits per heavy atom. The Morgan fingerprint density at radius 3 is 3.08 bits per heavy atom. The normalized spacial score (nSPS) is 22.3. The highest BCUT2D eigenvalue weighted by molar-refractivity contribution is 8.03. The number of ether oxygens (including phenoxy) is 1. The topological polar surface area (TPSA) is 9.23 Å². The number of hydrogen-bond donors (Lipinski definition) is 0. The molecule has 0 saturated carbocycles. The van der Waals surface area contributed by atoms with Crippen LogP contribution >= 0.6 is 11.8 Å². The molecule has 0 amide bonds. The number of rotatable bonds is 3. The zero-order valence-electron chi connectivity index (χ0n) is 7.54. The molecule has 1 aliphatic rings. The first kappa shape index (κ1) is 9.46. The third kappa shape index (κ3) is 2.78. The third-order valence-corrected chi connectivity index (χ3v) is 2.47. The summed E-state index contributed by atoms with van der Waals surface area (Å²) >= 11 is 1.79. The van der Waals surface area contributed by atoms with Gasteiger partial charge in [0.25, 0.3) is 0 Å². The molecule has 1 nitrogen and oxygen atoms in total. The van der Waals surface area contributed by atoms with Crippen LogP contribution in [0.2, 0.25) is 0 Å². The van der Waals surface area contributed by atoms with Gasteiger partial charge < -0.3 is 4.74 Å². The molecule has 0 aromatic carbocycles. The molecule has 0 aromatic heterocycles. The van der Waals surface area contributed by atoms with Crippen molar-refractivity contribution in [1.29, 1.82) is 0 Å². The Balaban J connectivity index is 2.56. The van der Waals surface area contributed by atoms with Crippen molar-refractivity contribution in [2.24, 2.45) is 0 Å². The van der Waals surface area contributed by atoms with Gasteiger partial charge in [0.1, 0.15) is 6.10 Å². The molecule has 0 spiro atoms. The van der Waals surface area contributed by atoms with E-state index in [9.17, 15) is 0 Å². The van der Waals surface area contributed by atoms with E-state index in [4.69, 9.17) is 4.74 Å². The largest absolute Gasteiger partial charge is 0.491 e. The van der Waals surface area contributed by atoms with Crippen LogP contribution in [0.3, 0.4) is 0 Å². The molecule has 0 saturated heterocycles. The molecule has 0 fully saturated rings. The minimum atomic E-state index is 0.210. The molecule has 0 aromatic rings. The van der Waals surface area contributed by atoms with E-state index in [1.54, 1.807) is 11.8 Å². The van der Waals surface area contributed by atoms with Crippen LogP contribution in [0.1, 0.15) is 13.8 Å². The second-order valence-corrected chi connectivity index (χ2v) is 3.84. The first-order valence-corrected chi connectivity index (χ1v) is 5.01. The minimum absolute atomic E-state index is 0.210. The summed E-state index contributed by atoms with van der Waals surface area (Å²) in [6.45, 7) is 7.71. The summed E-state index contributed by atoms with van der Waals surface area (Å²) < 4.78 is 5.44. The Labute approximate surface area is 78.2 Å². The van der Waals surface area contributed by atoms with Gasteiger partial charge in [0.05, 0.1) is 5.76 Å². The van der Waals surface area contributed by atoms with E-state index < -0.39 is 0 Å². The average molecular weight is 182 g/mol. The van der Waals surface area contributed by atoms with Crippen molar-refractivity contribution < 1.29 is 4.74 Å². The van der Waals surface area contributed by atoms with Gasteiger partial charge in [0.2, 0.25) is 0 Å². The van der Waals surface area contributed by atoms with Crippen molar-refractivity contribution in [2.45, 2.75) is 20.0 Å². The van der Waals surface area contributed by atoms with Crippen molar-refractivity contribution in [3.8, 4) is 0 Å². The first-order valence-electron chi connectivity index (χ1n) is 4.03. The lowest BCUT2D eigenvalue weighted by molar-refractivity contribution is 0.167. The van der Waals surface area contributed by atoms with Gasteiger partial charge in [0.15, 0.2) is 0 Å². The molecule has 1 aliphatic heterocycles. The van der Waals surface area contributed by atoms with Crippen LogP contribution in [0, 0.1) is 0 Å². The summed E-state index contributed by atoms with van der Waals surface area (Å²) in [5.41, 5.74) is 0. The predicted octanol–water partition coefficient (Wildman–Crippen LogP) is 3.11. The second kappa shape index (κ2) is 4.41. The van der Waals surface area contributed by atoms with Crippen LogP contribution in [0.15, 0.2) is 35.5 Å². The molecule has 66 valence electrons. The maximum Gasteiger partial charge on any atom is 0.115 e.